The second-order valence-corrected chi connectivity index (χ2v) is 9.23. The highest BCUT2D eigenvalue weighted by Gasteiger charge is 2.34. The summed E-state index contributed by atoms with van der Waals surface area (Å²) in [7, 11) is -1.93. The van der Waals surface area contributed by atoms with E-state index in [1.165, 1.54) is 4.31 Å². The monoisotopic (exact) mass is 416 g/mol. The Kier molecular flexibility index (Phi) is 6.59. The molecule has 0 bridgehead atoms. The first-order chi connectivity index (χ1) is 13.8. The first kappa shape index (κ1) is 21.3. The second-order valence-electron chi connectivity index (χ2n) is 7.30. The van der Waals surface area contributed by atoms with Crippen LogP contribution in [0.1, 0.15) is 25.3 Å². The summed E-state index contributed by atoms with van der Waals surface area (Å²) in [5.74, 6) is 0.272. The number of hydrogen-bond acceptors (Lipinski definition) is 4. The SMILES string of the molecule is CCOc1ccc(S(=O)(=O)N2CCC[C@H](C(=O)N(C)c3ccccc3)C2)cc1C. The number of aryl methyl sites for hydroxylation is 1. The van der Waals surface area contributed by atoms with Crippen molar-refractivity contribution in [3.63, 3.8) is 0 Å². The molecule has 2 aromatic carbocycles. The molecule has 0 aliphatic carbocycles. The van der Waals surface area contributed by atoms with Crippen molar-refractivity contribution >= 4 is 21.6 Å². The lowest BCUT2D eigenvalue weighted by Crippen LogP contribution is -2.45. The fourth-order valence-electron chi connectivity index (χ4n) is 3.66. The van der Waals surface area contributed by atoms with E-state index in [1.807, 2.05) is 44.2 Å². The molecule has 1 aliphatic rings. The molecule has 1 heterocycles. The van der Waals surface area contributed by atoms with Crippen molar-refractivity contribution in [1.82, 2.24) is 4.31 Å². The van der Waals surface area contributed by atoms with Crippen molar-refractivity contribution < 1.29 is 17.9 Å². The summed E-state index contributed by atoms with van der Waals surface area (Å²) in [5.41, 5.74) is 1.58. The van der Waals surface area contributed by atoms with Gasteiger partial charge in [-0.25, -0.2) is 8.42 Å². The zero-order chi connectivity index (χ0) is 21.0. The number of piperidine rings is 1. The summed E-state index contributed by atoms with van der Waals surface area (Å²) >= 11 is 0. The molecule has 3 rings (SSSR count). The van der Waals surface area contributed by atoms with Crippen LogP contribution < -0.4 is 9.64 Å². The zero-order valence-electron chi connectivity index (χ0n) is 17.2. The number of carbonyl (C=O) groups is 1. The number of rotatable bonds is 6. The molecular formula is C22H28N2O4S. The molecule has 1 atom stereocenters. The number of anilines is 1. The molecule has 1 fully saturated rings. The zero-order valence-corrected chi connectivity index (χ0v) is 18.0. The topological polar surface area (TPSA) is 66.9 Å². The van der Waals surface area contributed by atoms with Crippen molar-refractivity contribution in [3.05, 3.63) is 54.1 Å². The Morgan fingerprint density at radius 2 is 1.93 bits per heavy atom. The summed E-state index contributed by atoms with van der Waals surface area (Å²) in [4.78, 5) is 14.8. The summed E-state index contributed by atoms with van der Waals surface area (Å²) in [6.45, 7) is 4.87. The van der Waals surface area contributed by atoms with Crippen LogP contribution in [0, 0.1) is 12.8 Å². The maximum absolute atomic E-state index is 13.2. The molecule has 1 amide bonds. The van der Waals surface area contributed by atoms with Gasteiger partial charge in [0.05, 0.1) is 17.4 Å². The van der Waals surface area contributed by atoms with Gasteiger partial charge in [0.15, 0.2) is 0 Å². The number of benzene rings is 2. The predicted molar refractivity (Wildman–Crippen MR) is 114 cm³/mol. The van der Waals surface area contributed by atoms with Gasteiger partial charge in [0.2, 0.25) is 15.9 Å². The third-order valence-corrected chi connectivity index (χ3v) is 7.15. The smallest absolute Gasteiger partial charge is 0.243 e. The van der Waals surface area contributed by atoms with Gasteiger partial charge in [-0.05, 0) is 62.6 Å². The van der Waals surface area contributed by atoms with Gasteiger partial charge in [-0.2, -0.15) is 4.31 Å². The highest BCUT2D eigenvalue weighted by atomic mass is 32.2. The van der Waals surface area contributed by atoms with Crippen LogP contribution in [0.15, 0.2) is 53.4 Å². The Morgan fingerprint density at radius 1 is 1.21 bits per heavy atom. The average Bonchev–Trinajstić information content (AvgIpc) is 2.75. The number of carbonyl (C=O) groups excluding carboxylic acids is 1. The molecule has 1 saturated heterocycles. The van der Waals surface area contributed by atoms with E-state index in [4.69, 9.17) is 4.74 Å². The summed E-state index contributed by atoms with van der Waals surface area (Å²) in [6, 6.07) is 14.3. The fraction of sp³-hybridized carbons (Fsp3) is 0.409. The number of ether oxygens (including phenoxy) is 1. The van der Waals surface area contributed by atoms with Gasteiger partial charge in [0.25, 0.3) is 0 Å². The molecule has 0 saturated carbocycles. The molecule has 7 heteroatoms. The van der Waals surface area contributed by atoms with Crippen molar-refractivity contribution in [2.75, 3.05) is 31.6 Å². The number of sulfonamides is 1. The van der Waals surface area contributed by atoms with Crippen molar-refractivity contribution in [3.8, 4) is 5.75 Å². The van der Waals surface area contributed by atoms with Gasteiger partial charge in [-0.15, -0.1) is 0 Å². The molecule has 0 radical (unpaired) electrons. The lowest BCUT2D eigenvalue weighted by molar-refractivity contribution is -0.123. The van der Waals surface area contributed by atoms with Crippen LogP contribution in [0.3, 0.4) is 0 Å². The van der Waals surface area contributed by atoms with Crippen LogP contribution in [0.25, 0.3) is 0 Å². The maximum Gasteiger partial charge on any atom is 0.243 e. The number of hydrogen-bond donors (Lipinski definition) is 0. The largest absolute Gasteiger partial charge is 0.494 e. The Hall–Kier alpha value is -2.38. The van der Waals surface area contributed by atoms with Crippen molar-refractivity contribution in [2.45, 2.75) is 31.6 Å². The average molecular weight is 417 g/mol. The van der Waals surface area contributed by atoms with Gasteiger partial charge in [0.1, 0.15) is 5.75 Å². The van der Waals surface area contributed by atoms with E-state index in [-0.39, 0.29) is 23.3 Å². The highest BCUT2D eigenvalue weighted by Crippen LogP contribution is 2.28. The highest BCUT2D eigenvalue weighted by molar-refractivity contribution is 7.89. The van der Waals surface area contributed by atoms with E-state index < -0.39 is 10.0 Å². The molecular weight excluding hydrogens is 388 g/mol. The molecule has 2 aromatic rings. The van der Waals surface area contributed by atoms with Crippen molar-refractivity contribution in [1.29, 1.82) is 0 Å². The molecule has 29 heavy (non-hydrogen) atoms. The van der Waals surface area contributed by atoms with E-state index in [0.717, 1.165) is 11.3 Å². The van der Waals surface area contributed by atoms with Crippen LogP contribution in [-0.4, -0.2) is 45.4 Å². The molecule has 0 aromatic heterocycles. The van der Waals surface area contributed by atoms with Gasteiger partial charge >= 0.3 is 0 Å². The van der Waals surface area contributed by atoms with Crippen molar-refractivity contribution in [2.24, 2.45) is 5.92 Å². The summed E-state index contributed by atoms with van der Waals surface area (Å²) < 4.78 is 33.3. The molecule has 0 N–H and O–H groups in total. The van der Waals surface area contributed by atoms with E-state index in [2.05, 4.69) is 0 Å². The molecule has 0 unspecified atom stereocenters. The first-order valence-electron chi connectivity index (χ1n) is 9.90. The second kappa shape index (κ2) is 8.97. The summed E-state index contributed by atoms with van der Waals surface area (Å²) in [6.07, 6.45) is 1.35. The minimum absolute atomic E-state index is 0.0565. The molecule has 1 aliphatic heterocycles. The van der Waals surface area contributed by atoms with E-state index in [9.17, 15) is 13.2 Å². The van der Waals surface area contributed by atoms with Gasteiger partial charge in [-0.1, -0.05) is 18.2 Å². The Bertz CT molecular complexity index is 960. The van der Waals surface area contributed by atoms with Crippen LogP contribution in [0.5, 0.6) is 5.75 Å². The lowest BCUT2D eigenvalue weighted by atomic mass is 9.98. The van der Waals surface area contributed by atoms with E-state index >= 15 is 0 Å². The predicted octanol–water partition coefficient (Wildman–Crippen LogP) is 3.46. The van der Waals surface area contributed by atoms with Gasteiger partial charge in [0, 0.05) is 25.8 Å². The minimum Gasteiger partial charge on any atom is -0.494 e. The van der Waals surface area contributed by atoms with Crippen LogP contribution >= 0.6 is 0 Å². The first-order valence-corrected chi connectivity index (χ1v) is 11.3. The van der Waals surface area contributed by atoms with Crippen LogP contribution in [-0.2, 0) is 14.8 Å². The maximum atomic E-state index is 13.2. The summed E-state index contributed by atoms with van der Waals surface area (Å²) in [5, 5.41) is 0. The quantitative estimate of drug-likeness (QED) is 0.723. The fourth-order valence-corrected chi connectivity index (χ4v) is 5.27. The lowest BCUT2D eigenvalue weighted by Gasteiger charge is -2.33. The molecule has 6 nitrogen and oxygen atoms in total. The van der Waals surface area contributed by atoms with Gasteiger partial charge < -0.3 is 9.64 Å². The Balaban J connectivity index is 1.77. The number of nitrogens with zero attached hydrogens (tertiary/aromatic N) is 2. The van der Waals surface area contributed by atoms with E-state index in [1.54, 1.807) is 30.1 Å². The molecule has 156 valence electrons. The Labute approximate surface area is 173 Å². The van der Waals surface area contributed by atoms with Crippen LogP contribution in [0.4, 0.5) is 5.69 Å². The third kappa shape index (κ3) is 4.62. The Morgan fingerprint density at radius 3 is 2.59 bits per heavy atom. The standard InChI is InChI=1S/C22H28N2O4S/c1-4-28-21-13-12-20(15-17(21)2)29(26,27)24-14-8-9-18(16-24)22(25)23(3)19-10-6-5-7-11-19/h5-7,10-13,15,18H,4,8-9,14,16H2,1-3H3/t18-/m0/s1. The number of amides is 1. The molecule has 0 spiro atoms. The normalized spacial score (nSPS) is 17.7. The van der Waals surface area contributed by atoms with Gasteiger partial charge in [-0.3, -0.25) is 4.79 Å². The minimum atomic E-state index is -3.67. The number of para-hydroxylation sites is 1. The van der Waals surface area contributed by atoms with Crippen LogP contribution in [0.2, 0.25) is 0 Å². The van der Waals surface area contributed by atoms with E-state index in [0.29, 0.717) is 31.7 Å². The third-order valence-electron chi connectivity index (χ3n) is 5.29.